The van der Waals surface area contributed by atoms with Crippen molar-refractivity contribution in [3.63, 3.8) is 0 Å². The lowest BCUT2D eigenvalue weighted by Crippen LogP contribution is -2.24. The van der Waals surface area contributed by atoms with Crippen LogP contribution in [0.5, 0.6) is 0 Å². The average molecular weight is 291 g/mol. The summed E-state index contributed by atoms with van der Waals surface area (Å²) in [6.07, 6.45) is 0. The molecule has 7 heteroatoms. The predicted octanol–water partition coefficient (Wildman–Crippen LogP) is 1.89. The summed E-state index contributed by atoms with van der Waals surface area (Å²) in [6, 6.07) is 3.64. The molecule has 2 aromatic heterocycles. The number of anilines is 1. The summed E-state index contributed by atoms with van der Waals surface area (Å²) in [4.78, 5) is 11.9. The molecule has 0 amide bonds. The van der Waals surface area contributed by atoms with Gasteiger partial charge in [-0.25, -0.2) is 9.97 Å². The summed E-state index contributed by atoms with van der Waals surface area (Å²) in [5.74, 6) is 0.744. The van der Waals surface area contributed by atoms with Gasteiger partial charge in [0.2, 0.25) is 0 Å². The van der Waals surface area contributed by atoms with E-state index in [0.717, 1.165) is 11.4 Å². The zero-order chi connectivity index (χ0) is 14.7. The third-order valence-electron chi connectivity index (χ3n) is 2.99. The second-order valence-corrected chi connectivity index (χ2v) is 5.47. The first-order valence-corrected chi connectivity index (χ1v) is 6.96. The molecule has 2 aromatic rings. The maximum Gasteiger partial charge on any atom is 0.173 e. The van der Waals surface area contributed by atoms with Crippen molar-refractivity contribution in [3.8, 4) is 0 Å². The predicted molar refractivity (Wildman–Crippen MR) is 80.4 cm³/mol. The van der Waals surface area contributed by atoms with Gasteiger partial charge in [-0.15, -0.1) is 11.3 Å². The standard InChI is InChI=1S/C13H17N5OS/c1-8-4-5-10(12(14)17-19)13(16-8)18(3)6-11-9(2)15-7-20-11/h4-5,7,19H,6H2,1-3H3,(H2,14,17). The van der Waals surface area contributed by atoms with Crippen LogP contribution in [0.4, 0.5) is 5.82 Å². The summed E-state index contributed by atoms with van der Waals surface area (Å²) in [5, 5.41) is 11.9. The Hall–Kier alpha value is -2.15. The van der Waals surface area contributed by atoms with Crippen LogP contribution in [-0.2, 0) is 6.54 Å². The number of hydrogen-bond donors (Lipinski definition) is 2. The largest absolute Gasteiger partial charge is 0.409 e. The van der Waals surface area contributed by atoms with Crippen LogP contribution in [0.15, 0.2) is 22.8 Å². The maximum atomic E-state index is 8.87. The van der Waals surface area contributed by atoms with Crippen LogP contribution in [-0.4, -0.2) is 28.1 Å². The first-order chi connectivity index (χ1) is 9.52. The molecule has 0 unspecified atom stereocenters. The SMILES string of the molecule is Cc1ccc(C(N)=NO)c(N(C)Cc2scnc2C)n1. The lowest BCUT2D eigenvalue weighted by Gasteiger charge is -2.20. The molecule has 2 rings (SSSR count). The van der Waals surface area contributed by atoms with Gasteiger partial charge in [-0.2, -0.15) is 0 Å². The van der Waals surface area contributed by atoms with Gasteiger partial charge in [-0.3, -0.25) is 0 Å². The molecular weight excluding hydrogens is 274 g/mol. The molecule has 0 aliphatic rings. The van der Waals surface area contributed by atoms with Gasteiger partial charge >= 0.3 is 0 Å². The lowest BCUT2D eigenvalue weighted by molar-refractivity contribution is 0.318. The van der Waals surface area contributed by atoms with E-state index in [2.05, 4.69) is 15.1 Å². The van der Waals surface area contributed by atoms with Gasteiger partial charge in [-0.1, -0.05) is 5.16 Å². The van der Waals surface area contributed by atoms with Crippen LogP contribution in [0.2, 0.25) is 0 Å². The third kappa shape index (κ3) is 2.88. The fourth-order valence-corrected chi connectivity index (χ4v) is 2.69. The molecule has 0 saturated heterocycles. The molecule has 2 heterocycles. The van der Waals surface area contributed by atoms with E-state index in [0.29, 0.717) is 17.9 Å². The molecule has 106 valence electrons. The van der Waals surface area contributed by atoms with Crippen LogP contribution >= 0.6 is 11.3 Å². The normalized spacial score (nSPS) is 11.7. The Bertz CT molecular complexity index is 637. The Kier molecular flexibility index (Phi) is 4.19. The number of oxime groups is 1. The lowest BCUT2D eigenvalue weighted by atomic mass is 10.2. The Balaban J connectivity index is 2.36. The van der Waals surface area contributed by atoms with E-state index in [-0.39, 0.29) is 5.84 Å². The molecule has 0 bridgehead atoms. The smallest absolute Gasteiger partial charge is 0.173 e. The second-order valence-electron chi connectivity index (χ2n) is 4.53. The monoisotopic (exact) mass is 291 g/mol. The van der Waals surface area contributed by atoms with Gasteiger partial charge in [0.1, 0.15) is 5.82 Å². The van der Waals surface area contributed by atoms with Crippen molar-refractivity contribution < 1.29 is 5.21 Å². The number of hydrogen-bond acceptors (Lipinski definition) is 6. The Morgan fingerprint density at radius 1 is 1.45 bits per heavy atom. The van der Waals surface area contributed by atoms with Gasteiger partial charge in [0.25, 0.3) is 0 Å². The van der Waals surface area contributed by atoms with E-state index in [9.17, 15) is 0 Å². The van der Waals surface area contributed by atoms with Crippen molar-refractivity contribution >= 4 is 23.0 Å². The van der Waals surface area contributed by atoms with Crippen molar-refractivity contribution in [1.82, 2.24) is 9.97 Å². The van der Waals surface area contributed by atoms with E-state index < -0.39 is 0 Å². The first-order valence-electron chi connectivity index (χ1n) is 6.08. The molecule has 0 aliphatic heterocycles. The fraction of sp³-hybridized carbons (Fsp3) is 0.308. The number of thiazole rings is 1. The average Bonchev–Trinajstić information content (AvgIpc) is 2.83. The molecule has 0 atom stereocenters. The van der Waals surface area contributed by atoms with Crippen LogP contribution in [0.25, 0.3) is 0 Å². The van der Waals surface area contributed by atoms with E-state index in [1.165, 1.54) is 4.88 Å². The van der Waals surface area contributed by atoms with Crippen LogP contribution in [0.1, 0.15) is 21.8 Å². The molecule has 20 heavy (non-hydrogen) atoms. The highest BCUT2D eigenvalue weighted by atomic mass is 32.1. The maximum absolute atomic E-state index is 8.87. The molecular formula is C13H17N5OS. The summed E-state index contributed by atoms with van der Waals surface area (Å²) < 4.78 is 0. The minimum absolute atomic E-state index is 0.0559. The molecule has 0 aromatic carbocycles. The molecule has 0 aliphatic carbocycles. The Labute approximate surface area is 121 Å². The molecule has 0 spiro atoms. The van der Waals surface area contributed by atoms with E-state index in [1.54, 1.807) is 11.3 Å². The summed E-state index contributed by atoms with van der Waals surface area (Å²) >= 11 is 1.61. The molecule has 0 fully saturated rings. The van der Waals surface area contributed by atoms with Gasteiger partial charge in [0.05, 0.1) is 23.3 Å². The van der Waals surface area contributed by atoms with E-state index >= 15 is 0 Å². The van der Waals surface area contributed by atoms with Crippen molar-refractivity contribution in [1.29, 1.82) is 0 Å². The Morgan fingerprint density at radius 2 is 2.20 bits per heavy atom. The number of nitrogens with zero attached hydrogens (tertiary/aromatic N) is 4. The van der Waals surface area contributed by atoms with Gasteiger partial charge < -0.3 is 15.8 Å². The fourth-order valence-electron chi connectivity index (χ4n) is 1.86. The van der Waals surface area contributed by atoms with Crippen molar-refractivity contribution in [2.24, 2.45) is 10.9 Å². The number of aromatic nitrogens is 2. The topological polar surface area (TPSA) is 87.6 Å². The van der Waals surface area contributed by atoms with Gasteiger partial charge in [0.15, 0.2) is 5.84 Å². The number of nitrogens with two attached hydrogens (primary N) is 1. The quantitative estimate of drug-likeness (QED) is 0.389. The number of aryl methyl sites for hydroxylation is 2. The number of pyridine rings is 1. The van der Waals surface area contributed by atoms with Crippen LogP contribution in [0.3, 0.4) is 0 Å². The van der Waals surface area contributed by atoms with Gasteiger partial charge in [-0.05, 0) is 26.0 Å². The molecule has 6 nitrogen and oxygen atoms in total. The zero-order valence-corrected chi connectivity index (χ0v) is 12.5. The highest BCUT2D eigenvalue weighted by molar-refractivity contribution is 7.09. The highest BCUT2D eigenvalue weighted by Gasteiger charge is 2.15. The van der Waals surface area contributed by atoms with Crippen LogP contribution in [0, 0.1) is 13.8 Å². The molecule has 3 N–H and O–H groups in total. The minimum Gasteiger partial charge on any atom is -0.409 e. The van der Waals surface area contributed by atoms with E-state index in [4.69, 9.17) is 10.9 Å². The second kappa shape index (κ2) is 5.87. The first kappa shape index (κ1) is 14.3. The van der Waals surface area contributed by atoms with Crippen molar-refractivity contribution in [3.05, 3.63) is 39.5 Å². The minimum atomic E-state index is 0.0559. The summed E-state index contributed by atoms with van der Waals surface area (Å²) in [5.41, 5.74) is 10.0. The molecule has 0 saturated carbocycles. The highest BCUT2D eigenvalue weighted by Crippen LogP contribution is 2.22. The molecule has 0 radical (unpaired) electrons. The number of amidine groups is 1. The Morgan fingerprint density at radius 3 is 2.80 bits per heavy atom. The third-order valence-corrected chi connectivity index (χ3v) is 3.91. The van der Waals surface area contributed by atoms with Gasteiger partial charge in [0, 0.05) is 17.6 Å². The number of rotatable bonds is 4. The summed E-state index contributed by atoms with van der Waals surface area (Å²) in [7, 11) is 1.93. The van der Waals surface area contributed by atoms with Crippen molar-refractivity contribution in [2.45, 2.75) is 20.4 Å². The van der Waals surface area contributed by atoms with E-state index in [1.807, 2.05) is 43.4 Å². The summed E-state index contributed by atoms with van der Waals surface area (Å²) in [6.45, 7) is 4.57. The van der Waals surface area contributed by atoms with Crippen LogP contribution < -0.4 is 10.6 Å². The van der Waals surface area contributed by atoms with Crippen molar-refractivity contribution in [2.75, 3.05) is 11.9 Å². The zero-order valence-electron chi connectivity index (χ0n) is 11.7.